The summed E-state index contributed by atoms with van der Waals surface area (Å²) in [7, 11) is 0. The lowest BCUT2D eigenvalue weighted by Gasteiger charge is -2.13. The van der Waals surface area contributed by atoms with E-state index in [9.17, 15) is 0 Å². The van der Waals surface area contributed by atoms with Crippen LogP contribution >= 0.6 is 27.3 Å². The number of halogens is 1. The molecule has 0 radical (unpaired) electrons. The van der Waals surface area contributed by atoms with Crippen LogP contribution in [0.5, 0.6) is 5.75 Å². The highest BCUT2D eigenvalue weighted by Gasteiger charge is 2.09. The van der Waals surface area contributed by atoms with Gasteiger partial charge in [-0.25, -0.2) is 0 Å². The number of aryl methyl sites for hydroxylation is 1. The van der Waals surface area contributed by atoms with Crippen LogP contribution in [-0.2, 0) is 19.6 Å². The zero-order chi connectivity index (χ0) is 14.4. The molecule has 0 unspecified atom stereocenters. The molecule has 108 valence electrons. The van der Waals surface area contributed by atoms with E-state index in [-0.39, 0.29) is 0 Å². The summed E-state index contributed by atoms with van der Waals surface area (Å²) < 4.78 is 7.05. The lowest BCUT2D eigenvalue weighted by Crippen LogP contribution is -2.13. The second kappa shape index (κ2) is 7.81. The SMILES string of the molecule is CCNCc1cccc(Br)c1OCc1ccc(CC)s1. The summed E-state index contributed by atoms with van der Waals surface area (Å²) in [5, 5.41) is 3.35. The minimum Gasteiger partial charge on any atom is -0.487 e. The number of benzene rings is 1. The van der Waals surface area contributed by atoms with Gasteiger partial charge < -0.3 is 10.1 Å². The lowest BCUT2D eigenvalue weighted by molar-refractivity contribution is 0.303. The molecule has 1 aromatic carbocycles. The van der Waals surface area contributed by atoms with Crippen molar-refractivity contribution in [3.05, 3.63) is 50.1 Å². The minimum absolute atomic E-state index is 0.631. The van der Waals surface area contributed by atoms with E-state index in [2.05, 4.69) is 53.3 Å². The van der Waals surface area contributed by atoms with Crippen molar-refractivity contribution in [2.75, 3.05) is 6.54 Å². The van der Waals surface area contributed by atoms with Gasteiger partial charge in [0.05, 0.1) is 4.47 Å². The summed E-state index contributed by atoms with van der Waals surface area (Å²) in [6, 6.07) is 10.5. The molecule has 0 bridgehead atoms. The molecule has 2 rings (SSSR count). The predicted molar refractivity (Wildman–Crippen MR) is 89.6 cm³/mol. The van der Waals surface area contributed by atoms with Crippen LogP contribution in [0.25, 0.3) is 0 Å². The van der Waals surface area contributed by atoms with Gasteiger partial charge in [-0.1, -0.05) is 26.0 Å². The summed E-state index contributed by atoms with van der Waals surface area (Å²) in [4.78, 5) is 2.68. The van der Waals surface area contributed by atoms with E-state index in [4.69, 9.17) is 4.74 Å². The summed E-state index contributed by atoms with van der Waals surface area (Å²) in [5.41, 5.74) is 1.19. The fourth-order valence-electron chi connectivity index (χ4n) is 1.95. The third-order valence-corrected chi connectivity index (χ3v) is 4.87. The molecule has 0 aliphatic heterocycles. The van der Waals surface area contributed by atoms with Crippen LogP contribution in [0.4, 0.5) is 0 Å². The van der Waals surface area contributed by atoms with E-state index < -0.39 is 0 Å². The molecule has 0 spiro atoms. The number of para-hydroxylation sites is 1. The maximum atomic E-state index is 6.03. The van der Waals surface area contributed by atoms with E-state index in [0.29, 0.717) is 6.61 Å². The van der Waals surface area contributed by atoms with E-state index in [1.165, 1.54) is 15.3 Å². The normalized spacial score (nSPS) is 10.8. The van der Waals surface area contributed by atoms with Gasteiger partial charge in [0, 0.05) is 21.9 Å². The Labute approximate surface area is 133 Å². The molecule has 2 nitrogen and oxygen atoms in total. The van der Waals surface area contributed by atoms with Crippen molar-refractivity contribution in [1.82, 2.24) is 5.32 Å². The van der Waals surface area contributed by atoms with Crippen molar-refractivity contribution >= 4 is 27.3 Å². The molecule has 1 N–H and O–H groups in total. The van der Waals surface area contributed by atoms with Crippen molar-refractivity contribution in [2.45, 2.75) is 33.4 Å². The largest absolute Gasteiger partial charge is 0.487 e. The maximum Gasteiger partial charge on any atom is 0.138 e. The Morgan fingerprint density at radius 2 is 1.95 bits per heavy atom. The highest BCUT2D eigenvalue weighted by Crippen LogP contribution is 2.30. The summed E-state index contributed by atoms with van der Waals surface area (Å²) >= 11 is 5.41. The first-order valence-corrected chi connectivity index (χ1v) is 8.54. The quantitative estimate of drug-likeness (QED) is 0.774. The van der Waals surface area contributed by atoms with Gasteiger partial charge in [0.25, 0.3) is 0 Å². The monoisotopic (exact) mass is 353 g/mol. The Kier molecular flexibility index (Phi) is 6.07. The number of hydrogen-bond donors (Lipinski definition) is 1. The number of nitrogens with one attached hydrogen (secondary N) is 1. The molecule has 1 heterocycles. The molecule has 2 aromatic rings. The van der Waals surface area contributed by atoms with Crippen LogP contribution in [0.2, 0.25) is 0 Å². The number of thiophene rings is 1. The van der Waals surface area contributed by atoms with E-state index in [1.54, 1.807) is 0 Å². The molecule has 1 aromatic heterocycles. The molecule has 0 amide bonds. The molecule has 0 aliphatic rings. The number of ether oxygens (including phenoxy) is 1. The van der Waals surface area contributed by atoms with Crippen LogP contribution in [0.1, 0.15) is 29.2 Å². The van der Waals surface area contributed by atoms with Crippen LogP contribution in [0.15, 0.2) is 34.8 Å². The maximum absolute atomic E-state index is 6.03. The van der Waals surface area contributed by atoms with Gasteiger partial charge in [-0.15, -0.1) is 11.3 Å². The third kappa shape index (κ3) is 4.08. The standard InChI is InChI=1S/C16H20BrNOS/c1-3-13-8-9-14(20-13)11-19-16-12(10-18-4-2)6-5-7-15(16)17/h5-9,18H,3-4,10-11H2,1-2H3. The van der Waals surface area contributed by atoms with Gasteiger partial charge >= 0.3 is 0 Å². The molecular formula is C16H20BrNOS. The van der Waals surface area contributed by atoms with Crippen molar-refractivity contribution in [1.29, 1.82) is 0 Å². The average molecular weight is 354 g/mol. The molecule has 0 aliphatic carbocycles. The second-order valence-corrected chi connectivity index (χ2v) is 6.63. The van der Waals surface area contributed by atoms with Gasteiger partial charge in [-0.3, -0.25) is 0 Å². The zero-order valence-electron chi connectivity index (χ0n) is 11.9. The third-order valence-electron chi connectivity index (χ3n) is 3.04. The molecule has 0 saturated heterocycles. The summed E-state index contributed by atoms with van der Waals surface area (Å²) in [6.45, 7) is 6.70. The first-order chi connectivity index (χ1) is 9.74. The van der Waals surface area contributed by atoms with E-state index in [1.807, 2.05) is 23.5 Å². The van der Waals surface area contributed by atoms with Crippen LogP contribution in [-0.4, -0.2) is 6.54 Å². The van der Waals surface area contributed by atoms with Gasteiger partial charge in [0.15, 0.2) is 0 Å². The Morgan fingerprint density at radius 1 is 1.15 bits per heavy atom. The van der Waals surface area contributed by atoms with E-state index >= 15 is 0 Å². The fraction of sp³-hybridized carbons (Fsp3) is 0.375. The topological polar surface area (TPSA) is 21.3 Å². The van der Waals surface area contributed by atoms with Crippen molar-refractivity contribution in [3.63, 3.8) is 0 Å². The van der Waals surface area contributed by atoms with Gasteiger partial charge in [-0.2, -0.15) is 0 Å². The predicted octanol–water partition coefficient (Wildman–Crippen LogP) is 4.76. The first kappa shape index (κ1) is 15.5. The Morgan fingerprint density at radius 3 is 2.65 bits per heavy atom. The fourth-order valence-corrected chi connectivity index (χ4v) is 3.34. The molecule has 20 heavy (non-hydrogen) atoms. The highest BCUT2D eigenvalue weighted by atomic mass is 79.9. The van der Waals surface area contributed by atoms with E-state index in [0.717, 1.165) is 29.7 Å². The summed E-state index contributed by atoms with van der Waals surface area (Å²) in [6.07, 6.45) is 1.09. The van der Waals surface area contributed by atoms with Crippen molar-refractivity contribution in [2.24, 2.45) is 0 Å². The Bertz CT molecular complexity index is 553. The Hall–Kier alpha value is -0.840. The minimum atomic E-state index is 0.631. The van der Waals surface area contributed by atoms with Crippen LogP contribution in [0, 0.1) is 0 Å². The van der Waals surface area contributed by atoms with Crippen LogP contribution < -0.4 is 10.1 Å². The second-order valence-electron chi connectivity index (χ2n) is 4.52. The van der Waals surface area contributed by atoms with Gasteiger partial charge in [-0.05, 0) is 47.1 Å². The summed E-state index contributed by atoms with van der Waals surface area (Å²) in [5.74, 6) is 0.944. The van der Waals surface area contributed by atoms with Crippen molar-refractivity contribution in [3.8, 4) is 5.75 Å². The zero-order valence-corrected chi connectivity index (χ0v) is 14.3. The van der Waals surface area contributed by atoms with Gasteiger partial charge in [0.2, 0.25) is 0 Å². The molecule has 4 heteroatoms. The van der Waals surface area contributed by atoms with Crippen molar-refractivity contribution < 1.29 is 4.74 Å². The Balaban J connectivity index is 2.07. The average Bonchev–Trinajstić information content (AvgIpc) is 2.92. The first-order valence-electron chi connectivity index (χ1n) is 6.93. The molecule has 0 fully saturated rings. The number of rotatable bonds is 7. The highest BCUT2D eigenvalue weighted by molar-refractivity contribution is 9.10. The molecule has 0 saturated carbocycles. The molecular weight excluding hydrogens is 334 g/mol. The van der Waals surface area contributed by atoms with Crippen LogP contribution in [0.3, 0.4) is 0 Å². The molecule has 0 atom stereocenters. The number of hydrogen-bond acceptors (Lipinski definition) is 3. The smallest absolute Gasteiger partial charge is 0.138 e. The lowest BCUT2D eigenvalue weighted by atomic mass is 10.2. The van der Waals surface area contributed by atoms with Gasteiger partial charge in [0.1, 0.15) is 12.4 Å².